The van der Waals surface area contributed by atoms with E-state index in [2.05, 4.69) is 29.2 Å². The van der Waals surface area contributed by atoms with Gasteiger partial charge in [-0.05, 0) is 18.3 Å². The van der Waals surface area contributed by atoms with Crippen LogP contribution in [0.25, 0.3) is 0 Å². The summed E-state index contributed by atoms with van der Waals surface area (Å²) in [6.07, 6.45) is 5.29. The summed E-state index contributed by atoms with van der Waals surface area (Å²) in [5.41, 5.74) is 0.253. The third kappa shape index (κ3) is 3.02. The van der Waals surface area contributed by atoms with Crippen LogP contribution in [0, 0.1) is 5.41 Å². The van der Waals surface area contributed by atoms with E-state index in [4.69, 9.17) is 0 Å². The molecule has 84 valence electrons. The highest BCUT2D eigenvalue weighted by Gasteiger charge is 2.26. The van der Waals surface area contributed by atoms with Gasteiger partial charge in [-0.25, -0.2) is 4.98 Å². The van der Waals surface area contributed by atoms with Crippen LogP contribution in [0.2, 0.25) is 0 Å². The monoisotopic (exact) mass is 208 g/mol. The minimum Gasteiger partial charge on any atom is -0.313 e. The molecule has 1 fully saturated rings. The lowest BCUT2D eigenvalue weighted by molar-refractivity contribution is 0.325. The molecule has 0 spiro atoms. The molecule has 0 aliphatic heterocycles. The largest absolute Gasteiger partial charge is 0.313 e. The first-order valence-corrected chi connectivity index (χ1v) is 5.63. The zero-order valence-electron chi connectivity index (χ0n) is 9.82. The zero-order chi connectivity index (χ0) is 10.9. The Morgan fingerprint density at radius 1 is 1.53 bits per heavy atom. The molecule has 1 aliphatic rings. The summed E-state index contributed by atoms with van der Waals surface area (Å²) in [6.45, 7) is 5.61. The van der Waals surface area contributed by atoms with Gasteiger partial charge in [-0.15, -0.1) is 0 Å². The van der Waals surface area contributed by atoms with Crippen molar-refractivity contribution in [3.8, 4) is 0 Å². The fourth-order valence-corrected chi connectivity index (χ4v) is 1.68. The van der Waals surface area contributed by atoms with Crippen LogP contribution >= 0.6 is 0 Å². The molecule has 1 aromatic rings. The van der Waals surface area contributed by atoms with Crippen molar-refractivity contribution in [3.63, 3.8) is 0 Å². The van der Waals surface area contributed by atoms with Crippen LogP contribution in [-0.4, -0.2) is 27.4 Å². The smallest absolute Gasteiger partial charge is 0.138 e. The summed E-state index contributed by atoms with van der Waals surface area (Å²) >= 11 is 0. The van der Waals surface area contributed by atoms with E-state index in [9.17, 15) is 0 Å². The summed E-state index contributed by atoms with van der Waals surface area (Å²) < 4.78 is 1.86. The normalized spacial score (nSPS) is 17.0. The van der Waals surface area contributed by atoms with E-state index in [0.29, 0.717) is 0 Å². The second kappa shape index (κ2) is 3.93. The first-order chi connectivity index (χ1) is 7.07. The fraction of sp³-hybridized carbons (Fsp3) is 0.818. The highest BCUT2D eigenvalue weighted by Crippen LogP contribution is 2.23. The van der Waals surface area contributed by atoms with E-state index in [1.54, 1.807) is 6.33 Å². The Bertz CT molecular complexity index is 325. The Hall–Kier alpha value is -0.900. The molecular weight excluding hydrogens is 188 g/mol. The van der Waals surface area contributed by atoms with Gasteiger partial charge < -0.3 is 5.32 Å². The highest BCUT2D eigenvalue weighted by molar-refractivity contribution is 4.92. The first-order valence-electron chi connectivity index (χ1n) is 5.63. The van der Waals surface area contributed by atoms with Gasteiger partial charge in [-0.1, -0.05) is 13.8 Å². The van der Waals surface area contributed by atoms with Crippen LogP contribution in [0.3, 0.4) is 0 Å². The Labute approximate surface area is 91.1 Å². The van der Waals surface area contributed by atoms with Crippen LogP contribution in [0.5, 0.6) is 0 Å². The first kappa shape index (κ1) is 10.6. The summed E-state index contributed by atoms with van der Waals surface area (Å²) in [5.74, 6) is 1.07. The third-order valence-electron chi connectivity index (χ3n) is 2.89. The molecule has 2 rings (SSSR count). The number of aryl methyl sites for hydroxylation is 1. The van der Waals surface area contributed by atoms with Crippen molar-refractivity contribution < 1.29 is 0 Å². The fourth-order valence-electron chi connectivity index (χ4n) is 1.68. The topological polar surface area (TPSA) is 42.7 Å². The quantitative estimate of drug-likeness (QED) is 0.789. The maximum atomic E-state index is 4.27. The summed E-state index contributed by atoms with van der Waals surface area (Å²) in [4.78, 5) is 4.27. The molecular formula is C11H20N4. The lowest BCUT2D eigenvalue weighted by atomic mass is 9.89. The predicted molar refractivity (Wildman–Crippen MR) is 59.5 cm³/mol. The second-order valence-electron chi connectivity index (χ2n) is 5.30. The Morgan fingerprint density at radius 3 is 2.80 bits per heavy atom. The van der Waals surface area contributed by atoms with E-state index >= 15 is 0 Å². The SMILES string of the molecule is Cn1ncnc1CC(C)(C)CNC1CC1. The molecule has 1 saturated carbocycles. The second-order valence-corrected chi connectivity index (χ2v) is 5.30. The highest BCUT2D eigenvalue weighted by atomic mass is 15.3. The Balaban J connectivity index is 1.87. The molecule has 0 unspecified atom stereocenters. The van der Waals surface area contributed by atoms with Gasteiger partial charge in [0.15, 0.2) is 0 Å². The van der Waals surface area contributed by atoms with Crippen molar-refractivity contribution in [2.24, 2.45) is 12.5 Å². The molecule has 0 saturated heterocycles. The van der Waals surface area contributed by atoms with Gasteiger partial charge in [0.1, 0.15) is 12.2 Å². The summed E-state index contributed by atoms with van der Waals surface area (Å²) in [5, 5.41) is 7.66. The Kier molecular flexibility index (Phi) is 2.78. The number of nitrogens with one attached hydrogen (secondary N) is 1. The number of hydrogen-bond acceptors (Lipinski definition) is 3. The molecule has 1 N–H and O–H groups in total. The standard InChI is InChI=1S/C11H20N4/c1-11(2,7-12-9-4-5-9)6-10-13-8-14-15(10)3/h8-9,12H,4-7H2,1-3H3. The molecule has 4 nitrogen and oxygen atoms in total. The van der Waals surface area contributed by atoms with Gasteiger partial charge in [0, 0.05) is 26.1 Å². The van der Waals surface area contributed by atoms with Gasteiger partial charge in [-0.3, -0.25) is 4.68 Å². The van der Waals surface area contributed by atoms with Crippen molar-refractivity contribution in [2.45, 2.75) is 39.2 Å². The lowest BCUT2D eigenvalue weighted by Crippen LogP contribution is -2.33. The van der Waals surface area contributed by atoms with E-state index < -0.39 is 0 Å². The van der Waals surface area contributed by atoms with Gasteiger partial charge in [-0.2, -0.15) is 5.10 Å². The van der Waals surface area contributed by atoms with Crippen LogP contribution in [0.15, 0.2) is 6.33 Å². The molecule has 1 aliphatic carbocycles. The van der Waals surface area contributed by atoms with Gasteiger partial charge in [0.05, 0.1) is 0 Å². The van der Waals surface area contributed by atoms with Crippen LogP contribution < -0.4 is 5.32 Å². The summed E-state index contributed by atoms with van der Waals surface area (Å²) in [6, 6.07) is 0.781. The average Bonchev–Trinajstić information content (AvgIpc) is 2.90. The average molecular weight is 208 g/mol. The van der Waals surface area contributed by atoms with E-state index in [-0.39, 0.29) is 5.41 Å². The van der Waals surface area contributed by atoms with Crippen molar-refractivity contribution in [3.05, 3.63) is 12.2 Å². The molecule has 0 bridgehead atoms. The van der Waals surface area contributed by atoms with Crippen LogP contribution in [-0.2, 0) is 13.5 Å². The maximum Gasteiger partial charge on any atom is 0.138 e. The van der Waals surface area contributed by atoms with Gasteiger partial charge >= 0.3 is 0 Å². The number of hydrogen-bond donors (Lipinski definition) is 1. The molecule has 0 amide bonds. The minimum absolute atomic E-state index is 0.253. The van der Waals surface area contributed by atoms with Gasteiger partial charge in [0.2, 0.25) is 0 Å². The number of aromatic nitrogens is 3. The van der Waals surface area contributed by atoms with Crippen molar-refractivity contribution in [2.75, 3.05) is 6.54 Å². The molecule has 1 aromatic heterocycles. The molecule has 15 heavy (non-hydrogen) atoms. The van der Waals surface area contributed by atoms with Crippen molar-refractivity contribution in [1.29, 1.82) is 0 Å². The lowest BCUT2D eigenvalue weighted by Gasteiger charge is -2.24. The van der Waals surface area contributed by atoms with Crippen LogP contribution in [0.1, 0.15) is 32.5 Å². The van der Waals surface area contributed by atoms with Crippen molar-refractivity contribution >= 4 is 0 Å². The maximum absolute atomic E-state index is 4.27. The zero-order valence-corrected chi connectivity index (χ0v) is 9.82. The molecule has 0 radical (unpaired) electrons. The van der Waals surface area contributed by atoms with Crippen LogP contribution in [0.4, 0.5) is 0 Å². The predicted octanol–water partition coefficient (Wildman–Crippen LogP) is 1.14. The number of rotatable bonds is 5. The van der Waals surface area contributed by atoms with Gasteiger partial charge in [0.25, 0.3) is 0 Å². The molecule has 0 atom stereocenters. The van der Waals surface area contributed by atoms with E-state index in [0.717, 1.165) is 24.8 Å². The summed E-state index contributed by atoms with van der Waals surface area (Å²) in [7, 11) is 1.95. The molecule has 0 aromatic carbocycles. The minimum atomic E-state index is 0.253. The van der Waals surface area contributed by atoms with Crippen molar-refractivity contribution in [1.82, 2.24) is 20.1 Å². The molecule has 4 heteroatoms. The number of nitrogens with zero attached hydrogens (tertiary/aromatic N) is 3. The Morgan fingerprint density at radius 2 is 2.27 bits per heavy atom. The third-order valence-corrected chi connectivity index (χ3v) is 2.89. The van der Waals surface area contributed by atoms with E-state index in [1.165, 1.54) is 12.8 Å². The molecule has 1 heterocycles. The van der Waals surface area contributed by atoms with E-state index in [1.807, 2.05) is 11.7 Å².